The largest absolute Gasteiger partial charge is 0.496 e. The standard InChI is InChI=1S/C30H31N5O3/c1-17-6-10-24-20(13-17)11-12-35-29(33-24)26(28(31)36)27(34-35)21-7-8-22(19(3)15-21)16-32-30(37)23-9-5-18(2)14-25(23)38-4/h5-10,13-15,33H,11-12,16H2,1-4H3,(H2,31,36)(H,32,37). The van der Waals surface area contributed by atoms with Crippen molar-refractivity contribution in [2.75, 3.05) is 12.4 Å². The number of benzene rings is 3. The highest BCUT2D eigenvalue weighted by Crippen LogP contribution is 2.35. The van der Waals surface area contributed by atoms with Crippen molar-refractivity contribution >= 4 is 23.3 Å². The third-order valence-electron chi connectivity index (χ3n) is 6.96. The summed E-state index contributed by atoms with van der Waals surface area (Å²) in [6.07, 6.45) is 0.791. The Morgan fingerprint density at radius 3 is 2.55 bits per heavy atom. The maximum absolute atomic E-state index is 12.8. The van der Waals surface area contributed by atoms with Crippen molar-refractivity contribution < 1.29 is 14.3 Å². The van der Waals surface area contributed by atoms with E-state index in [4.69, 9.17) is 15.6 Å². The van der Waals surface area contributed by atoms with Crippen molar-refractivity contribution in [3.8, 4) is 17.0 Å². The number of aromatic nitrogens is 2. The van der Waals surface area contributed by atoms with Gasteiger partial charge in [0.1, 0.15) is 22.8 Å². The maximum Gasteiger partial charge on any atom is 0.255 e. The third kappa shape index (κ3) is 4.72. The van der Waals surface area contributed by atoms with Gasteiger partial charge in [-0.1, -0.05) is 35.9 Å². The average Bonchev–Trinajstić information content (AvgIpc) is 3.16. The van der Waals surface area contributed by atoms with E-state index in [9.17, 15) is 9.59 Å². The molecule has 2 amide bonds. The fourth-order valence-corrected chi connectivity index (χ4v) is 4.89. The molecule has 1 aliphatic heterocycles. The number of primary amides is 1. The van der Waals surface area contributed by atoms with Gasteiger partial charge in [0.2, 0.25) is 0 Å². The number of rotatable bonds is 6. The van der Waals surface area contributed by atoms with Crippen LogP contribution in [0.2, 0.25) is 0 Å². The SMILES string of the molecule is COc1cc(C)ccc1C(=O)NCc1ccc(-c2nn3c(c2C(N)=O)Nc2ccc(C)cc2CC3)cc1C. The fourth-order valence-electron chi connectivity index (χ4n) is 4.89. The summed E-state index contributed by atoms with van der Waals surface area (Å²) in [6.45, 7) is 6.96. The monoisotopic (exact) mass is 509 g/mol. The summed E-state index contributed by atoms with van der Waals surface area (Å²) in [6, 6.07) is 17.5. The van der Waals surface area contributed by atoms with Gasteiger partial charge in [-0.15, -0.1) is 0 Å². The summed E-state index contributed by atoms with van der Waals surface area (Å²) in [5, 5.41) is 11.2. The van der Waals surface area contributed by atoms with Crippen LogP contribution in [0.3, 0.4) is 0 Å². The number of carbonyl (C=O) groups is 2. The molecule has 5 rings (SSSR count). The molecule has 1 aromatic heterocycles. The lowest BCUT2D eigenvalue weighted by Gasteiger charge is -2.12. The van der Waals surface area contributed by atoms with Crippen LogP contribution < -0.4 is 21.1 Å². The molecule has 2 heterocycles. The summed E-state index contributed by atoms with van der Waals surface area (Å²) < 4.78 is 7.20. The van der Waals surface area contributed by atoms with Crippen molar-refractivity contribution in [2.24, 2.45) is 5.73 Å². The molecule has 0 aliphatic carbocycles. The van der Waals surface area contributed by atoms with Gasteiger partial charge >= 0.3 is 0 Å². The predicted octanol–water partition coefficient (Wildman–Crippen LogP) is 4.81. The van der Waals surface area contributed by atoms with Gasteiger partial charge in [0.15, 0.2) is 0 Å². The van der Waals surface area contributed by atoms with Crippen LogP contribution in [0.5, 0.6) is 5.75 Å². The molecule has 38 heavy (non-hydrogen) atoms. The van der Waals surface area contributed by atoms with Gasteiger partial charge in [-0.2, -0.15) is 5.10 Å². The molecular formula is C30H31N5O3. The normalized spacial score (nSPS) is 12.1. The first kappa shape index (κ1) is 25.1. The van der Waals surface area contributed by atoms with Gasteiger partial charge in [0.25, 0.3) is 11.8 Å². The van der Waals surface area contributed by atoms with Gasteiger partial charge < -0.3 is 21.1 Å². The van der Waals surface area contributed by atoms with Crippen molar-refractivity contribution in [1.82, 2.24) is 15.1 Å². The molecule has 0 unspecified atom stereocenters. The molecule has 0 saturated heterocycles. The summed E-state index contributed by atoms with van der Waals surface area (Å²) in [4.78, 5) is 25.4. The molecule has 194 valence electrons. The van der Waals surface area contributed by atoms with E-state index in [0.29, 0.717) is 41.5 Å². The number of anilines is 2. The number of methoxy groups -OCH3 is 1. The topological polar surface area (TPSA) is 111 Å². The van der Waals surface area contributed by atoms with Gasteiger partial charge in [0, 0.05) is 24.3 Å². The van der Waals surface area contributed by atoms with Crippen LogP contribution in [0.1, 0.15) is 48.5 Å². The number of nitrogens with two attached hydrogens (primary N) is 1. The highest BCUT2D eigenvalue weighted by Gasteiger charge is 2.26. The molecule has 0 bridgehead atoms. The number of fused-ring (bicyclic) bond motifs is 2. The number of ether oxygens (including phenoxy) is 1. The Balaban J connectivity index is 1.41. The second-order valence-corrected chi connectivity index (χ2v) is 9.72. The van der Waals surface area contributed by atoms with Crippen LogP contribution in [0.4, 0.5) is 11.5 Å². The molecule has 0 atom stereocenters. The predicted molar refractivity (Wildman–Crippen MR) is 148 cm³/mol. The molecule has 0 saturated carbocycles. The molecule has 3 aromatic carbocycles. The summed E-state index contributed by atoms with van der Waals surface area (Å²) in [7, 11) is 1.56. The van der Waals surface area contributed by atoms with Crippen molar-refractivity contribution in [3.05, 3.63) is 93.5 Å². The van der Waals surface area contributed by atoms with E-state index in [1.807, 2.05) is 61.0 Å². The number of nitrogens with zero attached hydrogens (tertiary/aromatic N) is 2. The first-order valence-corrected chi connectivity index (χ1v) is 12.5. The van der Waals surface area contributed by atoms with Crippen LogP contribution in [0.15, 0.2) is 54.6 Å². The number of carbonyl (C=O) groups excluding carboxylic acids is 2. The van der Waals surface area contributed by atoms with Crippen LogP contribution in [-0.4, -0.2) is 28.7 Å². The first-order valence-electron chi connectivity index (χ1n) is 12.5. The average molecular weight is 510 g/mol. The van der Waals surface area contributed by atoms with E-state index in [0.717, 1.165) is 34.4 Å². The Morgan fingerprint density at radius 1 is 1.05 bits per heavy atom. The molecule has 0 fully saturated rings. The summed E-state index contributed by atoms with van der Waals surface area (Å²) in [5.74, 6) is 0.404. The Kier molecular flexibility index (Phi) is 6.63. The zero-order valence-electron chi connectivity index (χ0n) is 22.0. The van der Waals surface area contributed by atoms with Gasteiger partial charge in [-0.05, 0) is 73.7 Å². The molecular weight excluding hydrogens is 478 g/mol. The molecule has 8 nitrogen and oxygen atoms in total. The maximum atomic E-state index is 12.8. The Hall–Kier alpha value is -4.59. The molecule has 8 heteroatoms. The number of hydrogen-bond donors (Lipinski definition) is 3. The van der Waals surface area contributed by atoms with E-state index < -0.39 is 5.91 Å². The van der Waals surface area contributed by atoms with E-state index in [2.05, 4.69) is 23.6 Å². The molecule has 4 aromatic rings. The molecule has 0 spiro atoms. The minimum absolute atomic E-state index is 0.208. The lowest BCUT2D eigenvalue weighted by molar-refractivity contribution is 0.0946. The highest BCUT2D eigenvalue weighted by molar-refractivity contribution is 6.04. The first-order chi connectivity index (χ1) is 18.2. The fraction of sp³-hybridized carbons (Fsp3) is 0.233. The van der Waals surface area contributed by atoms with Crippen LogP contribution in [-0.2, 0) is 19.5 Å². The second kappa shape index (κ2) is 10.0. The number of amides is 2. The van der Waals surface area contributed by atoms with Crippen molar-refractivity contribution in [1.29, 1.82) is 0 Å². The van der Waals surface area contributed by atoms with Crippen LogP contribution in [0, 0.1) is 20.8 Å². The molecule has 1 aliphatic rings. The van der Waals surface area contributed by atoms with E-state index in [-0.39, 0.29) is 5.91 Å². The Morgan fingerprint density at radius 2 is 1.82 bits per heavy atom. The molecule has 4 N–H and O–H groups in total. The second-order valence-electron chi connectivity index (χ2n) is 9.72. The van der Waals surface area contributed by atoms with Crippen molar-refractivity contribution in [2.45, 2.75) is 40.3 Å². The summed E-state index contributed by atoms with van der Waals surface area (Å²) >= 11 is 0. The highest BCUT2D eigenvalue weighted by atomic mass is 16.5. The zero-order valence-corrected chi connectivity index (χ0v) is 22.0. The Bertz CT molecular complexity index is 1570. The van der Waals surface area contributed by atoms with Crippen LogP contribution >= 0.6 is 0 Å². The van der Waals surface area contributed by atoms with Crippen molar-refractivity contribution in [3.63, 3.8) is 0 Å². The smallest absolute Gasteiger partial charge is 0.255 e. The van der Waals surface area contributed by atoms with Gasteiger partial charge in [-0.25, -0.2) is 4.68 Å². The third-order valence-corrected chi connectivity index (χ3v) is 6.96. The quantitative estimate of drug-likeness (QED) is 0.345. The minimum Gasteiger partial charge on any atom is -0.496 e. The number of aryl methyl sites for hydroxylation is 5. The lowest BCUT2D eigenvalue weighted by atomic mass is 10.0. The van der Waals surface area contributed by atoms with E-state index in [1.165, 1.54) is 11.1 Å². The zero-order chi connectivity index (χ0) is 27.0. The van der Waals surface area contributed by atoms with E-state index >= 15 is 0 Å². The summed E-state index contributed by atoms with van der Waals surface area (Å²) in [5.41, 5.74) is 14.3. The van der Waals surface area contributed by atoms with Gasteiger partial charge in [0.05, 0.1) is 12.7 Å². The van der Waals surface area contributed by atoms with Gasteiger partial charge in [-0.3, -0.25) is 9.59 Å². The molecule has 0 radical (unpaired) electrons. The van der Waals surface area contributed by atoms with E-state index in [1.54, 1.807) is 13.2 Å². The Labute approximate surface area is 221 Å². The number of nitrogens with one attached hydrogen (secondary N) is 2. The lowest BCUT2D eigenvalue weighted by Crippen LogP contribution is -2.23. The minimum atomic E-state index is -0.537. The number of hydrogen-bond acceptors (Lipinski definition) is 5. The van der Waals surface area contributed by atoms with Crippen LogP contribution in [0.25, 0.3) is 11.3 Å².